The molecule has 2 fully saturated rings. The van der Waals surface area contributed by atoms with E-state index in [4.69, 9.17) is 10.6 Å². The number of hydrogen-bond donors (Lipinski definition) is 0. The minimum Gasteiger partial charge on any atom is -0.672 e. The second-order valence-electron chi connectivity index (χ2n) is 13.3. The van der Waals surface area contributed by atoms with Crippen molar-refractivity contribution >= 4 is 32.9 Å². The van der Waals surface area contributed by atoms with Gasteiger partial charge in [0.1, 0.15) is 0 Å². The first kappa shape index (κ1) is 38.2. The third-order valence-corrected chi connectivity index (χ3v) is 9.53. The molecule has 51 heavy (non-hydrogen) atoms. The number of rotatable bonds is 7. The van der Waals surface area contributed by atoms with E-state index in [1.54, 1.807) is 0 Å². The van der Waals surface area contributed by atoms with E-state index in [1.807, 2.05) is 60.7 Å². The van der Waals surface area contributed by atoms with Gasteiger partial charge in [-0.05, 0) is 84.5 Å². The van der Waals surface area contributed by atoms with E-state index < -0.39 is 0 Å². The first-order chi connectivity index (χ1) is 24.7. The standard InChI is InChI=1S/C32H36N4.2C7H7.Zr/c1-7-19-35(20-8-1)23-33-29-17-15-25-11-3-5-13-27(25)31(29)32-28-14-6-4-12-26(28)16-18-30(32)34-24-36-21-9-2-10-22-36;2*1-7-5-3-2-4-6-7;/h3-6,11-18H,1-2,7-10,19-24H2;2*2-6H,1H2;/q-2;2*-1;. The van der Waals surface area contributed by atoms with Gasteiger partial charge in [0.25, 0.3) is 0 Å². The summed E-state index contributed by atoms with van der Waals surface area (Å²) < 4.78 is 0. The Kier molecular flexibility index (Phi) is 15.1. The average Bonchev–Trinajstić information content (AvgIpc) is 3.18. The molecule has 4 nitrogen and oxygen atoms in total. The monoisotopic (exact) mass is 748 g/mol. The maximum atomic E-state index is 5.23. The number of piperidine rings is 2. The molecular formula is C46H50N4Zr-4. The Morgan fingerprint density at radius 3 is 1.12 bits per heavy atom. The molecule has 6 aromatic carbocycles. The minimum absolute atomic E-state index is 0. The Morgan fingerprint density at radius 1 is 0.412 bits per heavy atom. The van der Waals surface area contributed by atoms with Crippen molar-refractivity contribution in [1.29, 1.82) is 0 Å². The molecule has 0 unspecified atom stereocenters. The van der Waals surface area contributed by atoms with Crippen LogP contribution in [0.1, 0.15) is 49.7 Å². The summed E-state index contributed by atoms with van der Waals surface area (Å²) in [6, 6.07) is 46.1. The van der Waals surface area contributed by atoms with E-state index in [2.05, 4.69) is 96.4 Å². The summed E-state index contributed by atoms with van der Waals surface area (Å²) in [5.41, 5.74) is 6.73. The van der Waals surface area contributed by atoms with Crippen LogP contribution in [0.4, 0.5) is 11.4 Å². The van der Waals surface area contributed by atoms with Gasteiger partial charge < -0.3 is 20.4 Å². The second kappa shape index (κ2) is 20.1. The molecule has 5 heteroatoms. The zero-order valence-electron chi connectivity index (χ0n) is 29.9. The van der Waals surface area contributed by atoms with Crippen LogP contribution in [0.15, 0.2) is 133 Å². The largest absolute Gasteiger partial charge is 0.672 e. The Bertz CT molecular complexity index is 1760. The Hall–Kier alpha value is -4.02. The van der Waals surface area contributed by atoms with Gasteiger partial charge in [0.15, 0.2) is 0 Å². The predicted octanol–water partition coefficient (Wildman–Crippen LogP) is 12.3. The van der Waals surface area contributed by atoms with E-state index in [-0.39, 0.29) is 26.2 Å². The third kappa shape index (κ3) is 11.0. The third-order valence-electron chi connectivity index (χ3n) is 9.53. The van der Waals surface area contributed by atoms with Gasteiger partial charge >= 0.3 is 0 Å². The van der Waals surface area contributed by atoms with E-state index in [9.17, 15) is 0 Å². The van der Waals surface area contributed by atoms with Crippen molar-refractivity contribution < 1.29 is 26.2 Å². The number of benzene rings is 6. The van der Waals surface area contributed by atoms with Crippen molar-refractivity contribution in [3.8, 4) is 11.1 Å². The van der Waals surface area contributed by atoms with Crippen molar-refractivity contribution in [2.75, 3.05) is 39.5 Å². The fourth-order valence-electron chi connectivity index (χ4n) is 6.82. The average molecular weight is 750 g/mol. The fourth-order valence-corrected chi connectivity index (χ4v) is 6.82. The van der Waals surface area contributed by atoms with E-state index >= 15 is 0 Å². The molecule has 262 valence electrons. The number of nitrogens with zero attached hydrogens (tertiary/aromatic N) is 4. The number of fused-ring (bicyclic) bond motifs is 2. The van der Waals surface area contributed by atoms with Gasteiger partial charge in [0, 0.05) is 26.2 Å². The van der Waals surface area contributed by atoms with Crippen LogP contribution in [-0.4, -0.2) is 49.3 Å². The Labute approximate surface area is 325 Å². The Balaban J connectivity index is 0.000000280. The zero-order chi connectivity index (χ0) is 34.4. The van der Waals surface area contributed by atoms with Crippen LogP contribution < -0.4 is 0 Å². The summed E-state index contributed by atoms with van der Waals surface area (Å²) in [4.78, 5) is 4.99. The maximum Gasteiger partial charge on any atom is 0 e. The van der Waals surface area contributed by atoms with Gasteiger partial charge in [-0.25, -0.2) is 0 Å². The van der Waals surface area contributed by atoms with Gasteiger partial charge in [-0.2, -0.15) is 49.2 Å². The van der Waals surface area contributed by atoms with Crippen LogP contribution in [0.2, 0.25) is 0 Å². The molecule has 2 aliphatic rings. The molecule has 2 heterocycles. The molecule has 0 radical (unpaired) electrons. The van der Waals surface area contributed by atoms with Crippen LogP contribution in [0.5, 0.6) is 0 Å². The number of hydrogen-bond acceptors (Lipinski definition) is 2. The predicted molar refractivity (Wildman–Crippen MR) is 215 cm³/mol. The topological polar surface area (TPSA) is 34.7 Å². The molecule has 0 aliphatic carbocycles. The molecule has 2 aliphatic heterocycles. The summed E-state index contributed by atoms with van der Waals surface area (Å²) in [6.45, 7) is 13.6. The summed E-state index contributed by atoms with van der Waals surface area (Å²) in [5.74, 6) is 0. The summed E-state index contributed by atoms with van der Waals surface area (Å²) in [6.07, 6.45) is 7.81. The van der Waals surface area contributed by atoms with Crippen molar-refractivity contribution in [3.63, 3.8) is 0 Å². The summed E-state index contributed by atoms with van der Waals surface area (Å²) in [5, 5.41) is 15.5. The smallest absolute Gasteiger partial charge is 0 e. The van der Waals surface area contributed by atoms with Crippen LogP contribution in [0.3, 0.4) is 0 Å². The van der Waals surface area contributed by atoms with Crippen LogP contribution in [-0.2, 0) is 26.2 Å². The van der Waals surface area contributed by atoms with Gasteiger partial charge in [-0.15, -0.1) is 35.6 Å². The molecule has 0 saturated carbocycles. The molecule has 2 saturated heterocycles. The molecule has 0 atom stereocenters. The van der Waals surface area contributed by atoms with Crippen LogP contribution in [0.25, 0.3) is 43.3 Å². The SMILES string of the molecule is [CH2-]c1ccccc1.[CH2-]c1ccccc1.[Zr].c1ccc2c(-c3c([N-]CN4CCCCC4)ccc4ccccc34)c([N-]CN3CCCCC3)ccc2c1. The van der Waals surface area contributed by atoms with Gasteiger partial charge in [-0.3, -0.25) is 0 Å². The van der Waals surface area contributed by atoms with Crippen molar-refractivity contribution in [2.45, 2.75) is 38.5 Å². The summed E-state index contributed by atoms with van der Waals surface area (Å²) in [7, 11) is 0. The quantitative estimate of drug-likeness (QED) is 0.152. The first-order valence-corrected chi connectivity index (χ1v) is 18.2. The zero-order valence-corrected chi connectivity index (χ0v) is 32.3. The molecule has 0 bridgehead atoms. The van der Waals surface area contributed by atoms with Crippen LogP contribution in [0, 0.1) is 13.8 Å². The van der Waals surface area contributed by atoms with Crippen molar-refractivity contribution in [1.82, 2.24) is 9.80 Å². The second-order valence-corrected chi connectivity index (χ2v) is 13.3. The molecular weight excluding hydrogens is 700 g/mol. The Morgan fingerprint density at radius 2 is 0.765 bits per heavy atom. The fraction of sp³-hybridized carbons (Fsp3) is 0.261. The molecule has 0 spiro atoms. The van der Waals surface area contributed by atoms with Gasteiger partial charge in [-0.1, -0.05) is 111 Å². The van der Waals surface area contributed by atoms with Crippen LogP contribution >= 0.6 is 0 Å². The molecule has 0 N–H and O–H groups in total. The van der Waals surface area contributed by atoms with E-state index in [1.165, 1.54) is 71.2 Å². The van der Waals surface area contributed by atoms with Gasteiger partial charge in [0.05, 0.1) is 0 Å². The summed E-state index contributed by atoms with van der Waals surface area (Å²) >= 11 is 0. The van der Waals surface area contributed by atoms with E-state index in [0.29, 0.717) is 0 Å². The molecule has 0 aromatic heterocycles. The van der Waals surface area contributed by atoms with Crippen molar-refractivity contribution in [3.05, 3.63) is 169 Å². The van der Waals surface area contributed by atoms with Crippen molar-refractivity contribution in [2.24, 2.45) is 0 Å². The molecule has 0 amide bonds. The maximum absolute atomic E-state index is 5.23. The first-order valence-electron chi connectivity index (χ1n) is 18.2. The molecule has 6 aromatic rings. The normalized spacial score (nSPS) is 14.7. The van der Waals surface area contributed by atoms with E-state index in [0.717, 1.165) is 62.0 Å². The number of likely N-dealkylation sites (tertiary alicyclic amines) is 2. The van der Waals surface area contributed by atoms with Gasteiger partial charge in [0.2, 0.25) is 0 Å². The molecule has 8 rings (SSSR count). The minimum atomic E-state index is 0.